The van der Waals surface area contributed by atoms with Gasteiger partial charge in [0.1, 0.15) is 5.82 Å². The van der Waals surface area contributed by atoms with Crippen LogP contribution in [0.5, 0.6) is 0 Å². The third-order valence-corrected chi connectivity index (χ3v) is 6.27. The molecule has 35 heavy (non-hydrogen) atoms. The molecular formula is C28H29BrN4O2. The van der Waals surface area contributed by atoms with Gasteiger partial charge in [0.2, 0.25) is 5.91 Å². The SMILES string of the molecule is O=C(Cc1nccn1Cc1ccc(Br)cc1)Nc1ccc(CCNCC(O)c2ccccc2)cc1. The third kappa shape index (κ3) is 7.62. The van der Waals surface area contributed by atoms with E-state index in [1.807, 2.05) is 77.5 Å². The molecule has 0 radical (unpaired) electrons. The van der Waals surface area contributed by atoms with Crippen LogP contribution in [0.1, 0.15) is 28.6 Å². The molecule has 1 atom stereocenters. The molecule has 0 aliphatic heterocycles. The number of halogens is 1. The molecule has 0 aliphatic carbocycles. The Balaban J connectivity index is 1.21. The molecule has 0 spiro atoms. The molecule has 1 amide bonds. The summed E-state index contributed by atoms with van der Waals surface area (Å²) in [5.41, 5.74) is 3.98. The first-order valence-corrected chi connectivity index (χ1v) is 12.4. The number of aromatic nitrogens is 2. The van der Waals surface area contributed by atoms with E-state index in [1.165, 1.54) is 0 Å². The molecule has 0 saturated carbocycles. The van der Waals surface area contributed by atoms with E-state index in [4.69, 9.17) is 0 Å². The fraction of sp³-hybridized carbons (Fsp3) is 0.214. The van der Waals surface area contributed by atoms with Crippen LogP contribution in [0.3, 0.4) is 0 Å². The number of carbonyl (C=O) groups excluding carboxylic acids is 1. The maximum atomic E-state index is 12.6. The zero-order valence-electron chi connectivity index (χ0n) is 19.4. The van der Waals surface area contributed by atoms with Crippen molar-refractivity contribution < 1.29 is 9.90 Å². The first-order valence-electron chi connectivity index (χ1n) is 11.6. The molecule has 0 aliphatic rings. The highest BCUT2D eigenvalue weighted by Crippen LogP contribution is 2.14. The summed E-state index contributed by atoms with van der Waals surface area (Å²) in [7, 11) is 0. The average molecular weight is 533 g/mol. The van der Waals surface area contributed by atoms with Crippen LogP contribution in [-0.2, 0) is 24.2 Å². The summed E-state index contributed by atoms with van der Waals surface area (Å²) in [4.78, 5) is 17.0. The molecule has 3 N–H and O–H groups in total. The molecule has 0 fully saturated rings. The van der Waals surface area contributed by atoms with Gasteiger partial charge >= 0.3 is 0 Å². The fourth-order valence-corrected chi connectivity index (χ4v) is 4.07. The van der Waals surface area contributed by atoms with Crippen molar-refractivity contribution in [1.82, 2.24) is 14.9 Å². The van der Waals surface area contributed by atoms with Crippen molar-refractivity contribution in [2.24, 2.45) is 0 Å². The van der Waals surface area contributed by atoms with Gasteiger partial charge in [-0.3, -0.25) is 4.79 Å². The number of imidazole rings is 1. The monoisotopic (exact) mass is 532 g/mol. The second-order valence-corrected chi connectivity index (χ2v) is 9.32. The molecule has 0 bridgehead atoms. The van der Waals surface area contributed by atoms with Crippen molar-refractivity contribution in [2.45, 2.75) is 25.5 Å². The number of hydrogen-bond donors (Lipinski definition) is 3. The van der Waals surface area contributed by atoms with Gasteiger partial charge in [-0.25, -0.2) is 4.98 Å². The molecule has 180 valence electrons. The summed E-state index contributed by atoms with van der Waals surface area (Å²) in [6.45, 7) is 1.94. The van der Waals surface area contributed by atoms with Gasteiger partial charge in [0, 0.05) is 35.6 Å². The van der Waals surface area contributed by atoms with Gasteiger partial charge in [-0.15, -0.1) is 0 Å². The minimum absolute atomic E-state index is 0.0995. The number of hydrogen-bond acceptors (Lipinski definition) is 4. The van der Waals surface area contributed by atoms with Crippen molar-refractivity contribution in [2.75, 3.05) is 18.4 Å². The molecule has 0 saturated heterocycles. The number of benzene rings is 3. The summed E-state index contributed by atoms with van der Waals surface area (Å²) in [6.07, 6.45) is 4.15. The Labute approximate surface area is 214 Å². The predicted molar refractivity (Wildman–Crippen MR) is 142 cm³/mol. The first-order chi connectivity index (χ1) is 17.1. The predicted octanol–water partition coefficient (Wildman–Crippen LogP) is 4.74. The Hall–Kier alpha value is -3.26. The highest BCUT2D eigenvalue weighted by atomic mass is 79.9. The smallest absolute Gasteiger partial charge is 0.231 e. The molecule has 1 unspecified atom stereocenters. The molecule has 6 nitrogen and oxygen atoms in total. The molecule has 4 aromatic rings. The van der Waals surface area contributed by atoms with Crippen LogP contribution >= 0.6 is 15.9 Å². The van der Waals surface area contributed by atoms with Gasteiger partial charge in [-0.2, -0.15) is 0 Å². The lowest BCUT2D eigenvalue weighted by molar-refractivity contribution is -0.115. The van der Waals surface area contributed by atoms with E-state index >= 15 is 0 Å². The number of rotatable bonds is 11. The number of nitrogens with zero attached hydrogens (tertiary/aromatic N) is 2. The van der Waals surface area contributed by atoms with Gasteiger partial charge in [-0.1, -0.05) is 70.5 Å². The number of aliphatic hydroxyl groups is 1. The quantitative estimate of drug-likeness (QED) is 0.244. The lowest BCUT2D eigenvalue weighted by Gasteiger charge is -2.12. The Bertz CT molecular complexity index is 1210. The number of anilines is 1. The van der Waals surface area contributed by atoms with Crippen molar-refractivity contribution in [1.29, 1.82) is 0 Å². The van der Waals surface area contributed by atoms with E-state index in [-0.39, 0.29) is 12.3 Å². The number of carbonyl (C=O) groups is 1. The van der Waals surface area contributed by atoms with E-state index in [0.29, 0.717) is 13.1 Å². The maximum absolute atomic E-state index is 12.6. The Morgan fingerprint density at radius 3 is 2.43 bits per heavy atom. The zero-order chi connectivity index (χ0) is 24.5. The molecular weight excluding hydrogens is 504 g/mol. The van der Waals surface area contributed by atoms with Crippen LogP contribution in [0.2, 0.25) is 0 Å². The maximum Gasteiger partial charge on any atom is 0.231 e. The van der Waals surface area contributed by atoms with Crippen LogP contribution in [0.15, 0.2) is 95.7 Å². The highest BCUT2D eigenvalue weighted by molar-refractivity contribution is 9.10. The summed E-state index contributed by atoms with van der Waals surface area (Å²) in [5, 5.41) is 16.5. The van der Waals surface area contributed by atoms with Crippen molar-refractivity contribution in [3.05, 3.63) is 118 Å². The van der Waals surface area contributed by atoms with Crippen LogP contribution in [0.25, 0.3) is 0 Å². The Morgan fingerprint density at radius 1 is 0.971 bits per heavy atom. The number of aliphatic hydroxyl groups excluding tert-OH is 1. The lowest BCUT2D eigenvalue weighted by atomic mass is 10.1. The summed E-state index contributed by atoms with van der Waals surface area (Å²) in [5.74, 6) is 0.628. The minimum atomic E-state index is -0.515. The Morgan fingerprint density at radius 2 is 1.69 bits per heavy atom. The van der Waals surface area contributed by atoms with Gasteiger partial charge in [0.15, 0.2) is 0 Å². The number of nitrogens with one attached hydrogen (secondary N) is 2. The zero-order valence-corrected chi connectivity index (χ0v) is 21.0. The second kappa shape index (κ2) is 12.4. The third-order valence-electron chi connectivity index (χ3n) is 5.74. The number of amides is 1. The summed E-state index contributed by atoms with van der Waals surface area (Å²) >= 11 is 3.45. The van der Waals surface area contributed by atoms with Crippen molar-refractivity contribution in [3.63, 3.8) is 0 Å². The van der Waals surface area contributed by atoms with Crippen LogP contribution in [0, 0.1) is 0 Å². The molecule has 1 heterocycles. The van der Waals surface area contributed by atoms with E-state index in [2.05, 4.69) is 43.7 Å². The molecule has 1 aromatic heterocycles. The van der Waals surface area contributed by atoms with Gasteiger partial charge < -0.3 is 20.3 Å². The molecule has 4 rings (SSSR count). The van der Waals surface area contributed by atoms with E-state index < -0.39 is 6.10 Å². The second-order valence-electron chi connectivity index (χ2n) is 8.40. The van der Waals surface area contributed by atoms with Gasteiger partial charge in [-0.05, 0) is 53.9 Å². The normalized spacial score (nSPS) is 11.8. The largest absolute Gasteiger partial charge is 0.387 e. The summed E-state index contributed by atoms with van der Waals surface area (Å²) < 4.78 is 3.03. The Kier molecular flexibility index (Phi) is 8.84. The van der Waals surface area contributed by atoms with Crippen LogP contribution in [-0.4, -0.2) is 33.7 Å². The van der Waals surface area contributed by atoms with E-state index in [0.717, 1.165) is 45.6 Å². The molecule has 3 aromatic carbocycles. The average Bonchev–Trinajstić information content (AvgIpc) is 3.30. The standard InChI is InChI=1S/C28H29BrN4O2/c29-24-10-6-22(7-11-24)20-33-17-16-31-27(33)18-28(35)32-25-12-8-21(9-13-25)14-15-30-19-26(34)23-4-2-1-3-5-23/h1-13,16-17,26,30,34H,14-15,18-20H2,(H,32,35). The fourth-order valence-electron chi connectivity index (χ4n) is 3.81. The highest BCUT2D eigenvalue weighted by Gasteiger charge is 2.10. The van der Waals surface area contributed by atoms with Crippen molar-refractivity contribution in [3.8, 4) is 0 Å². The van der Waals surface area contributed by atoms with Crippen LogP contribution < -0.4 is 10.6 Å². The topological polar surface area (TPSA) is 79.2 Å². The lowest BCUT2D eigenvalue weighted by Crippen LogP contribution is -2.23. The van der Waals surface area contributed by atoms with Crippen LogP contribution in [0.4, 0.5) is 5.69 Å². The van der Waals surface area contributed by atoms with E-state index in [1.54, 1.807) is 6.20 Å². The van der Waals surface area contributed by atoms with Gasteiger partial charge in [0.05, 0.1) is 12.5 Å². The first kappa shape index (κ1) is 24.9. The van der Waals surface area contributed by atoms with E-state index in [9.17, 15) is 9.90 Å². The van der Waals surface area contributed by atoms with Crippen molar-refractivity contribution >= 4 is 27.5 Å². The van der Waals surface area contributed by atoms with Gasteiger partial charge in [0.25, 0.3) is 0 Å². The molecule has 7 heteroatoms. The minimum Gasteiger partial charge on any atom is -0.387 e. The summed E-state index contributed by atoms with van der Waals surface area (Å²) in [6, 6.07) is 25.6.